The second-order valence-corrected chi connectivity index (χ2v) is 5.47. The van der Waals surface area contributed by atoms with E-state index in [9.17, 15) is 9.90 Å². The second-order valence-electron chi connectivity index (χ2n) is 5.47. The average molecular weight is 303 g/mol. The highest BCUT2D eigenvalue weighted by molar-refractivity contribution is 5.89. The molecule has 118 valence electrons. The summed E-state index contributed by atoms with van der Waals surface area (Å²) in [7, 11) is 0. The fourth-order valence-electron chi connectivity index (χ4n) is 2.13. The summed E-state index contributed by atoms with van der Waals surface area (Å²) in [5.41, 5.74) is 1.47. The summed E-state index contributed by atoms with van der Waals surface area (Å²) < 4.78 is 0. The number of amides is 2. The molecule has 2 rings (SSSR count). The third-order valence-electron chi connectivity index (χ3n) is 3.09. The van der Waals surface area contributed by atoms with Gasteiger partial charge in [0.2, 0.25) is 0 Å². The van der Waals surface area contributed by atoms with E-state index in [0.717, 1.165) is 12.1 Å². The summed E-state index contributed by atoms with van der Waals surface area (Å²) in [5, 5.41) is 22.8. The van der Waals surface area contributed by atoms with Crippen LogP contribution in [0.4, 0.5) is 10.5 Å². The number of urea groups is 1. The lowest BCUT2D eigenvalue weighted by atomic mass is 10.0. The molecule has 0 bridgehead atoms. The molecule has 1 heterocycles. The van der Waals surface area contributed by atoms with Gasteiger partial charge in [0.05, 0.1) is 30.7 Å². The van der Waals surface area contributed by atoms with Gasteiger partial charge in [0, 0.05) is 5.69 Å². The summed E-state index contributed by atoms with van der Waals surface area (Å²) in [5.74, 6) is 0.401. The molecule has 0 aliphatic heterocycles. The number of benzene rings is 1. The highest BCUT2D eigenvalue weighted by atomic mass is 16.3. The van der Waals surface area contributed by atoms with Gasteiger partial charge >= 0.3 is 6.03 Å². The highest BCUT2D eigenvalue weighted by Gasteiger charge is 2.13. The van der Waals surface area contributed by atoms with Crippen LogP contribution in [0.1, 0.15) is 20.3 Å². The molecule has 0 aliphatic carbocycles. The molecular weight excluding hydrogens is 282 g/mol. The molecule has 0 saturated carbocycles. The maximum absolute atomic E-state index is 11.9. The maximum Gasteiger partial charge on any atom is 0.319 e. The van der Waals surface area contributed by atoms with E-state index in [-0.39, 0.29) is 18.7 Å². The molecule has 0 fully saturated rings. The number of nitrogens with one attached hydrogen (secondary N) is 2. The average Bonchev–Trinajstić information content (AvgIpc) is 3.01. The van der Waals surface area contributed by atoms with Crippen LogP contribution in [0.2, 0.25) is 0 Å². The van der Waals surface area contributed by atoms with E-state index < -0.39 is 0 Å². The second kappa shape index (κ2) is 7.56. The first-order valence-corrected chi connectivity index (χ1v) is 7.23. The number of aliphatic hydroxyl groups excluding tert-OH is 1. The van der Waals surface area contributed by atoms with Gasteiger partial charge in [0.15, 0.2) is 0 Å². The fourth-order valence-corrected chi connectivity index (χ4v) is 2.13. The Kier molecular flexibility index (Phi) is 5.48. The van der Waals surface area contributed by atoms with E-state index in [0.29, 0.717) is 11.6 Å². The molecule has 22 heavy (non-hydrogen) atoms. The summed E-state index contributed by atoms with van der Waals surface area (Å²) in [6.45, 7) is 4.02. The van der Waals surface area contributed by atoms with Crippen LogP contribution in [-0.4, -0.2) is 38.8 Å². The van der Waals surface area contributed by atoms with Gasteiger partial charge in [-0.05, 0) is 36.6 Å². The standard InChI is InChI=1S/C15H21N5O2/c1-11(2)9-13(10-21)19-15(22)18-12-3-5-14(6-4-12)20-16-7-8-17-20/h3-8,11,13,21H,9-10H2,1-2H3,(H2,18,19,22)/t13-/m0/s1. The van der Waals surface area contributed by atoms with E-state index in [1.807, 2.05) is 26.0 Å². The first kappa shape index (κ1) is 16.0. The number of rotatable bonds is 6. The Labute approximate surface area is 129 Å². The maximum atomic E-state index is 11.9. The minimum Gasteiger partial charge on any atom is -0.394 e. The summed E-state index contributed by atoms with van der Waals surface area (Å²) in [6.07, 6.45) is 3.93. The molecular formula is C15H21N5O2. The summed E-state index contributed by atoms with van der Waals surface area (Å²) in [4.78, 5) is 13.4. The molecule has 0 spiro atoms. The number of carbonyl (C=O) groups is 1. The van der Waals surface area contributed by atoms with Crippen molar-refractivity contribution in [2.75, 3.05) is 11.9 Å². The van der Waals surface area contributed by atoms with E-state index in [4.69, 9.17) is 0 Å². The number of nitrogens with zero attached hydrogens (tertiary/aromatic N) is 3. The minimum atomic E-state index is -0.329. The van der Waals surface area contributed by atoms with Crippen molar-refractivity contribution in [1.29, 1.82) is 0 Å². The van der Waals surface area contributed by atoms with Crippen molar-refractivity contribution >= 4 is 11.7 Å². The van der Waals surface area contributed by atoms with Crippen molar-refractivity contribution in [3.63, 3.8) is 0 Å². The molecule has 0 aliphatic rings. The first-order valence-electron chi connectivity index (χ1n) is 7.23. The van der Waals surface area contributed by atoms with Gasteiger partial charge in [-0.25, -0.2) is 4.79 Å². The molecule has 7 nitrogen and oxygen atoms in total. The zero-order chi connectivity index (χ0) is 15.9. The lowest BCUT2D eigenvalue weighted by Crippen LogP contribution is -2.40. The van der Waals surface area contributed by atoms with Crippen LogP contribution in [-0.2, 0) is 0 Å². The van der Waals surface area contributed by atoms with E-state index >= 15 is 0 Å². The molecule has 0 radical (unpaired) electrons. The smallest absolute Gasteiger partial charge is 0.319 e. The Morgan fingerprint density at radius 3 is 2.41 bits per heavy atom. The SMILES string of the molecule is CC(C)C[C@@H](CO)NC(=O)Nc1ccc(-n2nccn2)cc1. The minimum absolute atomic E-state index is 0.0739. The quantitative estimate of drug-likeness (QED) is 0.758. The molecule has 2 aromatic rings. The van der Waals surface area contributed by atoms with Crippen molar-refractivity contribution in [2.24, 2.45) is 5.92 Å². The molecule has 3 N–H and O–H groups in total. The monoisotopic (exact) mass is 303 g/mol. The van der Waals surface area contributed by atoms with Gasteiger partial charge in [-0.2, -0.15) is 15.0 Å². The molecule has 7 heteroatoms. The number of anilines is 1. The molecule has 0 unspecified atom stereocenters. The van der Waals surface area contributed by atoms with Crippen LogP contribution >= 0.6 is 0 Å². The van der Waals surface area contributed by atoms with Crippen LogP contribution in [0.5, 0.6) is 0 Å². The largest absolute Gasteiger partial charge is 0.394 e. The zero-order valence-corrected chi connectivity index (χ0v) is 12.7. The van der Waals surface area contributed by atoms with E-state index in [2.05, 4.69) is 20.8 Å². The lowest BCUT2D eigenvalue weighted by Gasteiger charge is -2.18. The van der Waals surface area contributed by atoms with Crippen LogP contribution in [0.3, 0.4) is 0 Å². The Balaban J connectivity index is 1.91. The van der Waals surface area contributed by atoms with Crippen LogP contribution < -0.4 is 10.6 Å². The third-order valence-corrected chi connectivity index (χ3v) is 3.09. The normalized spacial score (nSPS) is 12.2. The topological polar surface area (TPSA) is 92.1 Å². The zero-order valence-electron chi connectivity index (χ0n) is 12.7. The van der Waals surface area contributed by atoms with Gasteiger partial charge < -0.3 is 15.7 Å². The number of hydrogen-bond donors (Lipinski definition) is 3. The van der Waals surface area contributed by atoms with Crippen molar-refractivity contribution in [1.82, 2.24) is 20.3 Å². The van der Waals surface area contributed by atoms with Crippen molar-refractivity contribution in [2.45, 2.75) is 26.3 Å². The Bertz CT molecular complexity index is 580. The number of aliphatic hydroxyl groups is 1. The Hall–Kier alpha value is -2.41. The van der Waals surface area contributed by atoms with Gasteiger partial charge in [-0.15, -0.1) is 0 Å². The van der Waals surface area contributed by atoms with Crippen LogP contribution in [0.15, 0.2) is 36.7 Å². The van der Waals surface area contributed by atoms with Crippen LogP contribution in [0, 0.1) is 5.92 Å². The predicted molar refractivity (Wildman–Crippen MR) is 83.8 cm³/mol. The molecule has 0 saturated heterocycles. The van der Waals surface area contributed by atoms with Crippen molar-refractivity contribution in [3.8, 4) is 5.69 Å². The Morgan fingerprint density at radius 1 is 1.23 bits per heavy atom. The van der Waals surface area contributed by atoms with Gasteiger partial charge in [0.25, 0.3) is 0 Å². The number of hydrogen-bond acceptors (Lipinski definition) is 4. The molecule has 1 aromatic heterocycles. The predicted octanol–water partition coefficient (Wildman–Crippen LogP) is 1.80. The van der Waals surface area contributed by atoms with Crippen molar-refractivity contribution in [3.05, 3.63) is 36.7 Å². The summed E-state index contributed by atoms with van der Waals surface area (Å²) in [6, 6.07) is 6.60. The van der Waals surface area contributed by atoms with Gasteiger partial charge in [-0.1, -0.05) is 13.8 Å². The number of aromatic nitrogens is 3. The Morgan fingerprint density at radius 2 is 1.86 bits per heavy atom. The van der Waals surface area contributed by atoms with Crippen molar-refractivity contribution < 1.29 is 9.90 Å². The summed E-state index contributed by atoms with van der Waals surface area (Å²) >= 11 is 0. The lowest BCUT2D eigenvalue weighted by molar-refractivity contribution is 0.214. The van der Waals surface area contributed by atoms with Gasteiger partial charge in [0.1, 0.15) is 0 Å². The van der Waals surface area contributed by atoms with E-state index in [1.54, 1.807) is 24.5 Å². The molecule has 1 aromatic carbocycles. The number of carbonyl (C=O) groups excluding carboxylic acids is 1. The first-order chi connectivity index (χ1) is 10.6. The fraction of sp³-hybridized carbons (Fsp3) is 0.400. The van der Waals surface area contributed by atoms with Crippen LogP contribution in [0.25, 0.3) is 5.69 Å². The molecule has 2 amide bonds. The molecule has 1 atom stereocenters. The third kappa shape index (κ3) is 4.56. The van der Waals surface area contributed by atoms with Gasteiger partial charge in [-0.3, -0.25) is 0 Å². The highest BCUT2D eigenvalue weighted by Crippen LogP contribution is 2.12. The van der Waals surface area contributed by atoms with E-state index in [1.165, 1.54) is 4.80 Å².